The molecule has 1 fully saturated rings. The van der Waals surface area contributed by atoms with Crippen molar-refractivity contribution in [3.05, 3.63) is 77.7 Å². The summed E-state index contributed by atoms with van der Waals surface area (Å²) >= 11 is 0. The molecule has 2 heterocycles. The second kappa shape index (κ2) is 11.4. The van der Waals surface area contributed by atoms with E-state index in [1.165, 1.54) is 11.1 Å². The Bertz CT molecular complexity index is 1140. The second-order valence-corrected chi connectivity index (χ2v) is 11.1. The van der Waals surface area contributed by atoms with Crippen molar-refractivity contribution in [3.63, 3.8) is 0 Å². The summed E-state index contributed by atoms with van der Waals surface area (Å²) in [5, 5.41) is 3.45. The van der Waals surface area contributed by atoms with Gasteiger partial charge < -0.3 is 19.5 Å². The molecule has 1 amide bonds. The highest BCUT2D eigenvalue weighted by atomic mass is 16.5. The summed E-state index contributed by atoms with van der Waals surface area (Å²) in [7, 11) is 1.59. The van der Waals surface area contributed by atoms with Gasteiger partial charge in [0.1, 0.15) is 12.4 Å². The van der Waals surface area contributed by atoms with Crippen LogP contribution in [0.4, 0.5) is 0 Å². The van der Waals surface area contributed by atoms with Crippen molar-refractivity contribution >= 4 is 5.91 Å². The molecule has 3 aromatic rings. The van der Waals surface area contributed by atoms with Crippen LogP contribution in [-0.2, 0) is 16.1 Å². The van der Waals surface area contributed by atoms with Crippen LogP contribution in [0.1, 0.15) is 50.2 Å². The van der Waals surface area contributed by atoms with E-state index in [0.717, 1.165) is 36.6 Å². The van der Waals surface area contributed by atoms with Crippen LogP contribution in [0.5, 0.6) is 0 Å². The van der Waals surface area contributed by atoms with E-state index in [-0.39, 0.29) is 24.0 Å². The fourth-order valence-electron chi connectivity index (χ4n) is 5.23. The highest BCUT2D eigenvalue weighted by molar-refractivity contribution is 5.78. The summed E-state index contributed by atoms with van der Waals surface area (Å²) in [4.78, 5) is 20.8. The number of amides is 1. The van der Waals surface area contributed by atoms with Crippen molar-refractivity contribution < 1.29 is 9.53 Å². The van der Waals surface area contributed by atoms with Gasteiger partial charge in [0.25, 0.3) is 0 Å². The molecule has 2 atom stereocenters. The zero-order valence-electron chi connectivity index (χ0n) is 22.3. The molecule has 6 heteroatoms. The predicted octanol–water partition coefficient (Wildman–Crippen LogP) is 5.08. The third-order valence-electron chi connectivity index (χ3n) is 6.89. The fourth-order valence-corrected chi connectivity index (χ4v) is 5.23. The Hall–Kier alpha value is -2.96. The van der Waals surface area contributed by atoms with Crippen LogP contribution < -0.4 is 5.32 Å². The van der Waals surface area contributed by atoms with Gasteiger partial charge in [0.05, 0.1) is 11.7 Å². The van der Waals surface area contributed by atoms with Gasteiger partial charge in [0, 0.05) is 32.0 Å². The van der Waals surface area contributed by atoms with Crippen molar-refractivity contribution in [1.29, 1.82) is 0 Å². The molecule has 1 aliphatic rings. The van der Waals surface area contributed by atoms with E-state index in [1.54, 1.807) is 7.11 Å². The van der Waals surface area contributed by atoms with Crippen LogP contribution in [0.25, 0.3) is 11.3 Å². The van der Waals surface area contributed by atoms with Crippen LogP contribution in [-0.4, -0.2) is 53.7 Å². The van der Waals surface area contributed by atoms with Gasteiger partial charge in [0.15, 0.2) is 0 Å². The molecule has 1 N–H and O–H groups in total. The lowest BCUT2D eigenvalue weighted by Crippen LogP contribution is -2.46. The zero-order valence-corrected chi connectivity index (χ0v) is 22.3. The maximum atomic E-state index is 13.5. The number of imidazole rings is 1. The molecule has 1 aliphatic heterocycles. The third kappa shape index (κ3) is 6.23. The van der Waals surface area contributed by atoms with Crippen LogP contribution >= 0.6 is 0 Å². The maximum absolute atomic E-state index is 13.5. The molecule has 0 radical (unpaired) electrons. The molecule has 0 saturated carbocycles. The number of hydrogen-bond acceptors (Lipinski definition) is 4. The molecule has 4 rings (SSSR count). The number of aryl methyl sites for hydroxylation is 1. The lowest BCUT2D eigenvalue weighted by atomic mass is 9.84. The number of benzene rings is 2. The number of nitrogens with one attached hydrogen (secondary N) is 1. The molecular weight excluding hydrogens is 448 g/mol. The number of ether oxygens (including phenoxy) is 1. The van der Waals surface area contributed by atoms with Crippen molar-refractivity contribution in [2.24, 2.45) is 11.3 Å². The van der Waals surface area contributed by atoms with E-state index in [2.05, 4.69) is 80.2 Å². The van der Waals surface area contributed by atoms with E-state index in [0.29, 0.717) is 19.0 Å². The molecular formula is C30H40N4O2. The minimum absolute atomic E-state index is 0.00990. The second-order valence-electron chi connectivity index (χ2n) is 11.1. The van der Waals surface area contributed by atoms with Gasteiger partial charge in [-0.05, 0) is 43.3 Å². The summed E-state index contributed by atoms with van der Waals surface area (Å²) < 4.78 is 7.57. The predicted molar refractivity (Wildman–Crippen MR) is 145 cm³/mol. The van der Waals surface area contributed by atoms with Crippen molar-refractivity contribution in [3.8, 4) is 11.3 Å². The van der Waals surface area contributed by atoms with Crippen LogP contribution in [0.2, 0.25) is 0 Å². The van der Waals surface area contributed by atoms with Crippen molar-refractivity contribution in [2.75, 3.05) is 33.4 Å². The Balaban J connectivity index is 1.82. The molecule has 0 bridgehead atoms. The number of carbonyl (C=O) groups is 1. The first-order chi connectivity index (χ1) is 17.3. The average molecular weight is 489 g/mol. The molecule has 36 heavy (non-hydrogen) atoms. The van der Waals surface area contributed by atoms with E-state index in [9.17, 15) is 4.79 Å². The molecule has 2 aromatic carbocycles. The van der Waals surface area contributed by atoms with Gasteiger partial charge >= 0.3 is 0 Å². The fraction of sp³-hybridized carbons (Fsp3) is 0.467. The summed E-state index contributed by atoms with van der Waals surface area (Å²) in [5.74, 6) is 1.35. The number of aromatic nitrogens is 2. The zero-order chi connectivity index (χ0) is 25.7. The van der Waals surface area contributed by atoms with E-state index >= 15 is 0 Å². The van der Waals surface area contributed by atoms with Gasteiger partial charge in [-0.15, -0.1) is 0 Å². The highest BCUT2D eigenvalue weighted by Crippen LogP contribution is 2.40. The van der Waals surface area contributed by atoms with Gasteiger partial charge in [0.2, 0.25) is 5.91 Å². The molecule has 1 aromatic heterocycles. The lowest BCUT2D eigenvalue weighted by molar-refractivity contribution is -0.141. The minimum Gasteiger partial charge on any atom is -0.375 e. The molecule has 0 spiro atoms. The van der Waals surface area contributed by atoms with Gasteiger partial charge in [-0.25, -0.2) is 4.98 Å². The Morgan fingerprint density at radius 1 is 1.19 bits per heavy atom. The Morgan fingerprint density at radius 3 is 2.61 bits per heavy atom. The molecule has 0 unspecified atom stereocenters. The Kier molecular flexibility index (Phi) is 8.27. The topological polar surface area (TPSA) is 59.4 Å². The molecule has 1 saturated heterocycles. The van der Waals surface area contributed by atoms with Crippen LogP contribution in [0.15, 0.2) is 60.8 Å². The first-order valence-corrected chi connectivity index (χ1v) is 12.9. The highest BCUT2D eigenvalue weighted by Gasteiger charge is 2.39. The normalized spacial score (nSPS) is 16.8. The van der Waals surface area contributed by atoms with Crippen LogP contribution in [0.3, 0.4) is 0 Å². The van der Waals surface area contributed by atoms with Gasteiger partial charge in [-0.1, -0.05) is 80.9 Å². The first-order valence-electron chi connectivity index (χ1n) is 12.9. The third-order valence-corrected chi connectivity index (χ3v) is 6.89. The lowest BCUT2D eigenvalue weighted by Gasteiger charge is -2.41. The minimum atomic E-state index is -0.237. The maximum Gasteiger partial charge on any atom is 0.249 e. The number of carbonyl (C=O) groups excluding carboxylic acids is 1. The average Bonchev–Trinajstić information content (AvgIpc) is 3.49. The molecule has 6 nitrogen and oxygen atoms in total. The largest absolute Gasteiger partial charge is 0.375 e. The van der Waals surface area contributed by atoms with Gasteiger partial charge in [-0.2, -0.15) is 0 Å². The van der Waals surface area contributed by atoms with Crippen molar-refractivity contribution in [1.82, 2.24) is 19.8 Å². The first kappa shape index (κ1) is 26.1. The number of rotatable bonds is 9. The number of nitrogens with zero attached hydrogens (tertiary/aromatic N) is 3. The summed E-state index contributed by atoms with van der Waals surface area (Å²) in [6.45, 7) is 12.1. The summed E-state index contributed by atoms with van der Waals surface area (Å²) in [6, 6.07) is 18.7. The quantitative estimate of drug-likeness (QED) is 0.456. The number of hydrogen-bond donors (Lipinski definition) is 1. The summed E-state index contributed by atoms with van der Waals surface area (Å²) in [5.41, 5.74) is 4.21. The standard InChI is InChI=1S/C30H40N4O2/c1-22-10-9-11-23(16-22)18-33-20-26(25-12-7-6-8-13-25)32-29(33)28(30(2,3)4)34(27(35)21-36-5)19-24-14-15-31-17-24/h6-13,16,20,24,28,31H,14-15,17-19,21H2,1-5H3/t24-,28-/m0/s1. The Labute approximate surface area is 215 Å². The molecule has 192 valence electrons. The number of methoxy groups -OCH3 is 1. The van der Waals surface area contributed by atoms with Crippen molar-refractivity contribution in [2.45, 2.75) is 46.7 Å². The smallest absolute Gasteiger partial charge is 0.249 e. The SMILES string of the molecule is COCC(=O)N(C[C@H]1CCNC1)[C@@H](c1nc(-c2ccccc2)cn1Cc1cccc(C)c1)C(C)(C)C. The van der Waals surface area contributed by atoms with Gasteiger partial charge in [-0.3, -0.25) is 4.79 Å². The van der Waals surface area contributed by atoms with E-state index in [1.807, 2.05) is 23.1 Å². The monoisotopic (exact) mass is 488 g/mol. The van der Waals surface area contributed by atoms with Crippen LogP contribution in [0, 0.1) is 18.3 Å². The van der Waals surface area contributed by atoms with E-state index in [4.69, 9.17) is 9.72 Å². The Morgan fingerprint density at radius 2 is 1.97 bits per heavy atom. The molecule has 0 aliphatic carbocycles. The van der Waals surface area contributed by atoms with E-state index < -0.39 is 0 Å². The summed E-state index contributed by atoms with van der Waals surface area (Å²) in [6.07, 6.45) is 3.21.